The minimum atomic E-state index is -3.81. The van der Waals surface area contributed by atoms with Crippen LogP contribution in [0.3, 0.4) is 0 Å². The van der Waals surface area contributed by atoms with Crippen molar-refractivity contribution >= 4 is 33.2 Å². The van der Waals surface area contributed by atoms with Gasteiger partial charge in [-0.25, -0.2) is 12.8 Å². The number of amides is 1. The molecule has 0 bridgehead atoms. The predicted molar refractivity (Wildman–Crippen MR) is 124 cm³/mol. The normalized spacial score (nSPS) is 14.8. The Labute approximate surface area is 198 Å². The summed E-state index contributed by atoms with van der Waals surface area (Å²) in [6, 6.07) is 10.1. The van der Waals surface area contributed by atoms with Crippen LogP contribution in [-0.2, 0) is 19.6 Å². The number of ether oxygens (including phenoxy) is 2. The van der Waals surface area contributed by atoms with Crippen molar-refractivity contribution in [3.05, 3.63) is 53.3 Å². The SMILES string of the molecule is CCOCCOc1c(Cl)cccc1NCC(=O)N1CCN(S(=O)(=O)c2cccc(F)c2)CC1. The molecule has 11 heteroatoms. The molecule has 0 radical (unpaired) electrons. The van der Waals surface area contributed by atoms with Gasteiger partial charge in [-0.1, -0.05) is 23.7 Å². The van der Waals surface area contributed by atoms with Crippen molar-refractivity contribution in [1.82, 2.24) is 9.21 Å². The van der Waals surface area contributed by atoms with Gasteiger partial charge in [-0.2, -0.15) is 4.31 Å². The minimum absolute atomic E-state index is 0.00118. The molecule has 1 aliphatic rings. The fraction of sp³-hybridized carbons (Fsp3) is 0.409. The highest BCUT2D eigenvalue weighted by atomic mass is 35.5. The smallest absolute Gasteiger partial charge is 0.243 e. The summed E-state index contributed by atoms with van der Waals surface area (Å²) in [4.78, 5) is 14.2. The van der Waals surface area contributed by atoms with E-state index in [-0.39, 0.29) is 43.5 Å². The standard InChI is InChI=1S/C22H27ClFN3O5S/c1-2-31-13-14-32-22-19(23)7-4-8-20(22)25-16-21(28)26-9-11-27(12-10-26)33(29,30)18-6-3-5-17(24)15-18/h3-8,15,25H,2,9-14,16H2,1H3. The van der Waals surface area contributed by atoms with E-state index in [9.17, 15) is 17.6 Å². The number of carbonyl (C=O) groups is 1. The summed E-state index contributed by atoms with van der Waals surface area (Å²) in [7, 11) is -3.81. The van der Waals surface area contributed by atoms with Gasteiger partial charge in [0, 0.05) is 32.8 Å². The molecular formula is C22H27ClFN3O5S. The first-order valence-corrected chi connectivity index (χ1v) is 12.4. The molecule has 0 aliphatic carbocycles. The summed E-state index contributed by atoms with van der Waals surface area (Å²) >= 11 is 6.24. The van der Waals surface area contributed by atoms with E-state index in [0.717, 1.165) is 6.07 Å². The number of anilines is 1. The van der Waals surface area contributed by atoms with Crippen LogP contribution < -0.4 is 10.1 Å². The van der Waals surface area contributed by atoms with Gasteiger partial charge in [0.25, 0.3) is 0 Å². The molecule has 0 aromatic heterocycles. The third kappa shape index (κ3) is 6.57. The van der Waals surface area contributed by atoms with Crippen molar-refractivity contribution in [3.8, 4) is 5.75 Å². The number of para-hydroxylation sites is 1. The largest absolute Gasteiger partial charge is 0.487 e. The number of hydrogen-bond donors (Lipinski definition) is 1. The molecule has 0 unspecified atom stereocenters. The average molecular weight is 500 g/mol. The number of rotatable bonds is 10. The predicted octanol–water partition coefficient (Wildman–Crippen LogP) is 2.84. The Balaban J connectivity index is 1.54. The maximum atomic E-state index is 13.4. The number of sulfonamides is 1. The number of carbonyl (C=O) groups excluding carboxylic acids is 1. The Hall–Kier alpha value is -2.40. The zero-order valence-corrected chi connectivity index (χ0v) is 19.9. The molecule has 1 heterocycles. The third-order valence-electron chi connectivity index (χ3n) is 5.10. The van der Waals surface area contributed by atoms with E-state index < -0.39 is 15.8 Å². The number of nitrogens with one attached hydrogen (secondary N) is 1. The maximum absolute atomic E-state index is 13.4. The lowest BCUT2D eigenvalue weighted by molar-refractivity contribution is -0.130. The van der Waals surface area contributed by atoms with E-state index in [1.807, 2.05) is 6.92 Å². The highest BCUT2D eigenvalue weighted by Crippen LogP contribution is 2.32. The van der Waals surface area contributed by atoms with Gasteiger partial charge in [0.1, 0.15) is 12.4 Å². The molecule has 33 heavy (non-hydrogen) atoms. The van der Waals surface area contributed by atoms with Crippen molar-refractivity contribution in [2.24, 2.45) is 0 Å². The van der Waals surface area contributed by atoms with Crippen LogP contribution in [0, 0.1) is 5.82 Å². The molecule has 0 saturated carbocycles. The fourth-order valence-electron chi connectivity index (χ4n) is 3.38. The molecule has 1 N–H and O–H groups in total. The number of halogens is 2. The second-order valence-corrected chi connectivity index (χ2v) is 9.60. The van der Waals surface area contributed by atoms with Crippen molar-refractivity contribution in [1.29, 1.82) is 0 Å². The lowest BCUT2D eigenvalue weighted by atomic mass is 10.2. The van der Waals surface area contributed by atoms with Crippen molar-refractivity contribution < 1.29 is 27.1 Å². The molecular weight excluding hydrogens is 473 g/mol. The van der Waals surface area contributed by atoms with E-state index >= 15 is 0 Å². The highest BCUT2D eigenvalue weighted by Gasteiger charge is 2.30. The van der Waals surface area contributed by atoms with Crippen LogP contribution in [0.2, 0.25) is 5.02 Å². The van der Waals surface area contributed by atoms with Gasteiger partial charge in [-0.05, 0) is 37.3 Å². The maximum Gasteiger partial charge on any atom is 0.243 e. The third-order valence-corrected chi connectivity index (χ3v) is 7.29. The van der Waals surface area contributed by atoms with Crippen LogP contribution in [0.4, 0.5) is 10.1 Å². The van der Waals surface area contributed by atoms with Gasteiger partial charge in [-0.15, -0.1) is 0 Å². The number of benzene rings is 2. The lowest BCUT2D eigenvalue weighted by Gasteiger charge is -2.34. The van der Waals surface area contributed by atoms with Crippen LogP contribution in [0.15, 0.2) is 47.4 Å². The van der Waals surface area contributed by atoms with Crippen LogP contribution >= 0.6 is 11.6 Å². The number of piperazine rings is 1. The van der Waals surface area contributed by atoms with Crippen LogP contribution in [0.25, 0.3) is 0 Å². The molecule has 0 atom stereocenters. The summed E-state index contributed by atoms with van der Waals surface area (Å²) in [5, 5.41) is 3.47. The van der Waals surface area contributed by atoms with E-state index in [0.29, 0.717) is 36.3 Å². The van der Waals surface area contributed by atoms with Gasteiger partial charge in [0.2, 0.25) is 15.9 Å². The minimum Gasteiger partial charge on any atom is -0.487 e. The molecule has 1 amide bonds. The van der Waals surface area contributed by atoms with Crippen LogP contribution in [0.5, 0.6) is 5.75 Å². The summed E-state index contributed by atoms with van der Waals surface area (Å²) in [5.74, 6) is -0.353. The molecule has 1 aliphatic heterocycles. The lowest BCUT2D eigenvalue weighted by Crippen LogP contribution is -2.51. The molecule has 2 aromatic rings. The molecule has 8 nitrogen and oxygen atoms in total. The fourth-order valence-corrected chi connectivity index (χ4v) is 5.06. The summed E-state index contributed by atoms with van der Waals surface area (Å²) < 4.78 is 51.1. The van der Waals surface area contributed by atoms with Gasteiger partial charge in [0.15, 0.2) is 5.75 Å². The zero-order chi connectivity index (χ0) is 23.8. The molecule has 1 saturated heterocycles. The van der Waals surface area contributed by atoms with Crippen molar-refractivity contribution in [2.45, 2.75) is 11.8 Å². The first kappa shape index (κ1) is 25.2. The molecule has 180 valence electrons. The van der Waals surface area contributed by atoms with Gasteiger partial charge >= 0.3 is 0 Å². The Morgan fingerprint density at radius 3 is 2.55 bits per heavy atom. The summed E-state index contributed by atoms with van der Waals surface area (Å²) in [6.07, 6.45) is 0. The second-order valence-electron chi connectivity index (χ2n) is 7.26. The van der Waals surface area contributed by atoms with Crippen LogP contribution in [0.1, 0.15) is 6.92 Å². The quantitative estimate of drug-likeness (QED) is 0.506. The van der Waals surface area contributed by atoms with Gasteiger partial charge < -0.3 is 19.7 Å². The highest BCUT2D eigenvalue weighted by molar-refractivity contribution is 7.89. The topological polar surface area (TPSA) is 88.2 Å². The second kappa shape index (κ2) is 11.6. The Bertz CT molecular complexity index is 1060. The van der Waals surface area contributed by atoms with E-state index in [1.54, 1.807) is 23.1 Å². The first-order valence-electron chi connectivity index (χ1n) is 10.6. The average Bonchev–Trinajstić information content (AvgIpc) is 2.81. The Morgan fingerprint density at radius 1 is 1.12 bits per heavy atom. The van der Waals surface area contributed by atoms with Gasteiger partial charge in [0.05, 0.1) is 28.8 Å². The molecule has 3 rings (SSSR count). The molecule has 0 spiro atoms. The zero-order valence-electron chi connectivity index (χ0n) is 18.3. The van der Waals surface area contributed by atoms with Gasteiger partial charge in [-0.3, -0.25) is 4.79 Å². The number of hydrogen-bond acceptors (Lipinski definition) is 6. The summed E-state index contributed by atoms with van der Waals surface area (Å²) in [6.45, 7) is 3.96. The first-order chi connectivity index (χ1) is 15.8. The van der Waals surface area contributed by atoms with Crippen molar-refractivity contribution in [2.75, 3.05) is 57.9 Å². The number of nitrogens with zero attached hydrogens (tertiary/aromatic N) is 2. The Kier molecular flexibility index (Phi) is 8.90. The summed E-state index contributed by atoms with van der Waals surface area (Å²) in [5.41, 5.74) is 0.583. The monoisotopic (exact) mass is 499 g/mol. The molecule has 1 fully saturated rings. The van der Waals surface area contributed by atoms with E-state index in [1.165, 1.54) is 22.5 Å². The van der Waals surface area contributed by atoms with E-state index in [4.69, 9.17) is 21.1 Å². The van der Waals surface area contributed by atoms with E-state index in [2.05, 4.69) is 5.32 Å². The molecule has 2 aromatic carbocycles. The van der Waals surface area contributed by atoms with Crippen molar-refractivity contribution in [3.63, 3.8) is 0 Å². The Morgan fingerprint density at radius 2 is 1.85 bits per heavy atom. The van der Waals surface area contributed by atoms with Crippen LogP contribution in [-0.4, -0.2) is 76.1 Å².